The van der Waals surface area contributed by atoms with E-state index < -0.39 is 0 Å². The summed E-state index contributed by atoms with van der Waals surface area (Å²) in [7, 11) is -0.505. The summed E-state index contributed by atoms with van der Waals surface area (Å²) in [6.07, 6.45) is 3.34. The Bertz CT molecular complexity index is 842. The summed E-state index contributed by atoms with van der Waals surface area (Å²) >= 11 is 0. The fourth-order valence-corrected chi connectivity index (χ4v) is 8.61. The molecule has 0 amide bonds. The van der Waals surface area contributed by atoms with Crippen molar-refractivity contribution in [1.82, 2.24) is 10.2 Å². The lowest BCUT2D eigenvalue weighted by atomic mass is 10.2. The van der Waals surface area contributed by atoms with E-state index in [4.69, 9.17) is 0 Å². The van der Waals surface area contributed by atoms with E-state index in [1.807, 2.05) is 0 Å². The predicted molar refractivity (Wildman–Crippen MR) is 125 cm³/mol. The number of rotatable bonds is 4. The average molecular weight is 406 g/mol. The van der Waals surface area contributed by atoms with E-state index in [1.54, 1.807) is 0 Å². The van der Waals surface area contributed by atoms with Crippen LogP contribution >= 0.6 is 15.8 Å². The van der Waals surface area contributed by atoms with Gasteiger partial charge in [0.1, 0.15) is 0 Å². The second-order valence-corrected chi connectivity index (χ2v) is 12.0. The highest BCUT2D eigenvalue weighted by molar-refractivity contribution is 7.67. The molecule has 1 aliphatic rings. The van der Waals surface area contributed by atoms with Crippen molar-refractivity contribution in [3.63, 3.8) is 0 Å². The van der Waals surface area contributed by atoms with Crippen LogP contribution in [-0.4, -0.2) is 29.5 Å². The third kappa shape index (κ3) is 4.88. The Hall–Kier alpha value is -1.56. The summed E-state index contributed by atoms with van der Waals surface area (Å²) in [5.74, 6) is 0.541. The molecular formula is C24H28N2P2. The Morgan fingerprint density at radius 3 is 2.00 bits per heavy atom. The number of hydrogen-bond donors (Lipinski definition) is 1. The summed E-state index contributed by atoms with van der Waals surface area (Å²) in [4.78, 5) is 2.74. The maximum absolute atomic E-state index is 3.83. The van der Waals surface area contributed by atoms with Gasteiger partial charge in [-0.2, -0.15) is 0 Å². The number of benzene rings is 3. The van der Waals surface area contributed by atoms with Crippen LogP contribution in [0.1, 0.15) is 12.5 Å². The minimum absolute atomic E-state index is 0.235. The van der Waals surface area contributed by atoms with Crippen LogP contribution in [0.25, 0.3) is 0 Å². The van der Waals surface area contributed by atoms with Gasteiger partial charge < -0.3 is 5.32 Å². The smallest absolute Gasteiger partial charge is 0.0328 e. The zero-order valence-corrected chi connectivity index (χ0v) is 18.2. The molecule has 0 aromatic heterocycles. The van der Waals surface area contributed by atoms with Crippen LogP contribution in [0, 0.1) is 0 Å². The van der Waals surface area contributed by atoms with Gasteiger partial charge in [0.05, 0.1) is 0 Å². The molecule has 144 valence electrons. The van der Waals surface area contributed by atoms with Crippen molar-refractivity contribution >= 4 is 26.5 Å². The van der Waals surface area contributed by atoms with Crippen molar-refractivity contribution in [1.29, 1.82) is 0 Å². The highest BCUT2D eigenvalue weighted by atomic mass is 31.1. The standard InChI is InChI=1S/C24H28N2P2/c1-21-26(17-22-11-5-2-6-12-22)20-27(23-13-7-3-8-14-23)18-25-19-28(21)24-15-9-4-10-16-24/h2-16,21,25H,17-20H2,1H3. The average Bonchev–Trinajstić information content (AvgIpc) is 2.75. The molecule has 28 heavy (non-hydrogen) atoms. The molecule has 1 saturated heterocycles. The summed E-state index contributed by atoms with van der Waals surface area (Å²) < 4.78 is 0. The van der Waals surface area contributed by atoms with Crippen LogP contribution in [-0.2, 0) is 6.54 Å². The molecule has 0 saturated carbocycles. The molecule has 1 N–H and O–H groups in total. The van der Waals surface area contributed by atoms with Gasteiger partial charge in [0.2, 0.25) is 0 Å². The Morgan fingerprint density at radius 1 is 0.786 bits per heavy atom. The molecule has 3 unspecified atom stereocenters. The van der Waals surface area contributed by atoms with Crippen LogP contribution in [0.4, 0.5) is 0 Å². The second-order valence-electron chi connectivity index (χ2n) is 7.25. The van der Waals surface area contributed by atoms with Gasteiger partial charge in [0.15, 0.2) is 0 Å². The molecule has 0 aliphatic carbocycles. The van der Waals surface area contributed by atoms with E-state index in [-0.39, 0.29) is 15.8 Å². The summed E-state index contributed by atoms with van der Waals surface area (Å²) in [5.41, 5.74) is 1.41. The molecule has 0 radical (unpaired) electrons. The fraction of sp³-hybridized carbons (Fsp3) is 0.250. The van der Waals surface area contributed by atoms with Gasteiger partial charge in [-0.1, -0.05) is 91.0 Å². The first-order valence-electron chi connectivity index (χ1n) is 9.91. The van der Waals surface area contributed by atoms with Crippen LogP contribution in [0.15, 0.2) is 91.0 Å². The van der Waals surface area contributed by atoms with Crippen molar-refractivity contribution < 1.29 is 0 Å². The normalized spacial score (nSPS) is 23.7. The Balaban J connectivity index is 1.62. The topological polar surface area (TPSA) is 15.3 Å². The van der Waals surface area contributed by atoms with Crippen molar-refractivity contribution in [2.75, 3.05) is 18.9 Å². The Morgan fingerprint density at radius 2 is 1.36 bits per heavy atom. The van der Waals surface area contributed by atoms with E-state index in [0.29, 0.717) is 5.78 Å². The minimum Gasteiger partial charge on any atom is -0.308 e. The zero-order valence-electron chi connectivity index (χ0n) is 16.4. The molecule has 1 aliphatic heterocycles. The zero-order chi connectivity index (χ0) is 19.2. The first kappa shape index (κ1) is 19.7. The van der Waals surface area contributed by atoms with Gasteiger partial charge in [-0.25, -0.2) is 0 Å². The lowest BCUT2D eigenvalue weighted by molar-refractivity contribution is 0.298. The lowest BCUT2D eigenvalue weighted by Gasteiger charge is -2.40. The van der Waals surface area contributed by atoms with Crippen LogP contribution in [0.5, 0.6) is 0 Å². The molecule has 1 heterocycles. The van der Waals surface area contributed by atoms with Gasteiger partial charge in [0.25, 0.3) is 0 Å². The third-order valence-corrected chi connectivity index (χ3v) is 10.4. The molecule has 3 atom stereocenters. The molecule has 4 rings (SSSR count). The quantitative estimate of drug-likeness (QED) is 0.619. The Labute approximate surface area is 171 Å². The minimum atomic E-state index is -0.270. The van der Waals surface area contributed by atoms with E-state index >= 15 is 0 Å². The first-order chi connectivity index (χ1) is 13.8. The largest absolute Gasteiger partial charge is 0.308 e. The van der Waals surface area contributed by atoms with Crippen molar-refractivity contribution in [3.8, 4) is 0 Å². The fourth-order valence-electron chi connectivity index (χ4n) is 3.76. The maximum Gasteiger partial charge on any atom is 0.0328 e. The number of nitrogens with one attached hydrogen (secondary N) is 1. The van der Waals surface area contributed by atoms with Gasteiger partial charge >= 0.3 is 0 Å². The van der Waals surface area contributed by atoms with Gasteiger partial charge in [0, 0.05) is 31.2 Å². The Kier molecular flexibility index (Phi) is 6.89. The van der Waals surface area contributed by atoms with Crippen LogP contribution < -0.4 is 15.9 Å². The summed E-state index contributed by atoms with van der Waals surface area (Å²) in [6, 6.07) is 33.2. The third-order valence-electron chi connectivity index (χ3n) is 5.35. The van der Waals surface area contributed by atoms with Crippen molar-refractivity contribution in [2.45, 2.75) is 19.3 Å². The maximum atomic E-state index is 3.83. The summed E-state index contributed by atoms with van der Waals surface area (Å²) in [6.45, 7) is 3.46. The van der Waals surface area contributed by atoms with Gasteiger partial charge in [-0.15, -0.1) is 0 Å². The molecule has 0 spiro atoms. The number of nitrogens with zero attached hydrogens (tertiary/aromatic N) is 1. The molecule has 1 fully saturated rings. The van der Waals surface area contributed by atoms with E-state index in [0.717, 1.165) is 25.4 Å². The molecule has 0 bridgehead atoms. The molecular weight excluding hydrogens is 378 g/mol. The van der Waals surface area contributed by atoms with Gasteiger partial charge in [-0.05, 0) is 38.9 Å². The van der Waals surface area contributed by atoms with Crippen LogP contribution in [0.3, 0.4) is 0 Å². The SMILES string of the molecule is CC1N(Cc2ccccc2)CP(c2ccccc2)CNCP1c1ccccc1. The lowest BCUT2D eigenvalue weighted by Crippen LogP contribution is -2.40. The molecule has 3 aromatic rings. The monoisotopic (exact) mass is 406 g/mol. The number of hydrogen-bond acceptors (Lipinski definition) is 2. The first-order valence-corrected chi connectivity index (χ1v) is 13.2. The highest BCUT2D eigenvalue weighted by Crippen LogP contribution is 2.47. The van der Waals surface area contributed by atoms with E-state index in [1.165, 1.54) is 16.2 Å². The molecule has 3 aromatic carbocycles. The van der Waals surface area contributed by atoms with Crippen molar-refractivity contribution in [3.05, 3.63) is 96.6 Å². The van der Waals surface area contributed by atoms with Crippen LogP contribution in [0.2, 0.25) is 0 Å². The highest BCUT2D eigenvalue weighted by Gasteiger charge is 2.29. The molecule has 2 nitrogen and oxygen atoms in total. The second kappa shape index (κ2) is 9.77. The van der Waals surface area contributed by atoms with E-state index in [9.17, 15) is 0 Å². The molecule has 4 heteroatoms. The van der Waals surface area contributed by atoms with Gasteiger partial charge in [-0.3, -0.25) is 4.90 Å². The van der Waals surface area contributed by atoms with Crippen molar-refractivity contribution in [2.24, 2.45) is 0 Å². The van der Waals surface area contributed by atoms with E-state index in [2.05, 4.69) is 108 Å². The summed E-state index contributed by atoms with van der Waals surface area (Å²) in [5, 5.41) is 6.83. The predicted octanol–water partition coefficient (Wildman–Crippen LogP) is 4.93.